The van der Waals surface area contributed by atoms with Gasteiger partial charge in [0.15, 0.2) is 5.65 Å². The highest BCUT2D eigenvalue weighted by Gasteiger charge is 2.18. The highest BCUT2D eigenvalue weighted by atomic mass is 35.5. The van der Waals surface area contributed by atoms with Crippen LogP contribution in [0.2, 0.25) is 5.02 Å². The van der Waals surface area contributed by atoms with Crippen molar-refractivity contribution in [1.29, 1.82) is 0 Å². The Labute approximate surface area is 128 Å². The predicted octanol–water partition coefficient (Wildman–Crippen LogP) is 4.24. The van der Waals surface area contributed by atoms with E-state index < -0.39 is 0 Å². The highest BCUT2D eigenvalue weighted by molar-refractivity contribution is 6.30. The van der Waals surface area contributed by atoms with Crippen LogP contribution in [0.15, 0.2) is 30.5 Å². The second kappa shape index (κ2) is 4.85. The zero-order valence-corrected chi connectivity index (χ0v) is 12.7. The van der Waals surface area contributed by atoms with E-state index in [0.717, 1.165) is 34.6 Å². The van der Waals surface area contributed by atoms with Crippen LogP contribution in [0.1, 0.15) is 29.8 Å². The van der Waals surface area contributed by atoms with E-state index in [0.29, 0.717) is 0 Å². The van der Waals surface area contributed by atoms with Gasteiger partial charge in [-0.05, 0) is 55.9 Å². The molecule has 0 radical (unpaired) electrons. The quantitative estimate of drug-likeness (QED) is 0.672. The zero-order chi connectivity index (χ0) is 14.4. The molecule has 3 aromatic rings. The molecular formula is C17H16ClN3. The van der Waals surface area contributed by atoms with Gasteiger partial charge < -0.3 is 0 Å². The normalized spacial score (nSPS) is 14.4. The molecule has 0 bridgehead atoms. The summed E-state index contributed by atoms with van der Waals surface area (Å²) in [5.41, 5.74) is 7.01. The fourth-order valence-electron chi connectivity index (χ4n) is 3.19. The summed E-state index contributed by atoms with van der Waals surface area (Å²) in [4.78, 5) is 4.90. The monoisotopic (exact) mass is 297 g/mol. The van der Waals surface area contributed by atoms with Crippen molar-refractivity contribution in [2.24, 2.45) is 0 Å². The number of aryl methyl sites for hydroxylation is 2. The van der Waals surface area contributed by atoms with Crippen LogP contribution in [0.25, 0.3) is 16.8 Å². The largest absolute Gasteiger partial charge is 0.233 e. The molecule has 21 heavy (non-hydrogen) atoms. The number of halogens is 1. The fourth-order valence-corrected chi connectivity index (χ4v) is 3.31. The van der Waals surface area contributed by atoms with E-state index in [1.54, 1.807) is 0 Å². The number of hydrogen-bond donors (Lipinski definition) is 0. The molecule has 4 heteroatoms. The third-order valence-corrected chi connectivity index (χ3v) is 4.59. The van der Waals surface area contributed by atoms with Crippen LogP contribution in [0.3, 0.4) is 0 Å². The van der Waals surface area contributed by atoms with E-state index in [1.807, 2.05) is 35.0 Å². The van der Waals surface area contributed by atoms with Crippen molar-refractivity contribution < 1.29 is 0 Å². The topological polar surface area (TPSA) is 30.2 Å². The lowest BCUT2D eigenvalue weighted by molar-refractivity contribution is 0.652. The summed E-state index contributed by atoms with van der Waals surface area (Å²) in [5, 5.41) is 5.29. The Balaban J connectivity index is 1.95. The molecule has 0 atom stereocenters. The third kappa shape index (κ3) is 2.04. The first kappa shape index (κ1) is 12.8. The van der Waals surface area contributed by atoms with Crippen LogP contribution >= 0.6 is 11.6 Å². The SMILES string of the molecule is Cc1c2c(nc3c(-c4ccc(Cl)cc4)cnn13)CCCC2. The summed E-state index contributed by atoms with van der Waals surface area (Å²) in [6.45, 7) is 2.15. The van der Waals surface area contributed by atoms with Crippen LogP contribution in [0.4, 0.5) is 0 Å². The molecule has 1 aliphatic carbocycles. The van der Waals surface area contributed by atoms with Gasteiger partial charge in [-0.2, -0.15) is 5.10 Å². The molecule has 2 aromatic heterocycles. The molecule has 4 rings (SSSR count). The van der Waals surface area contributed by atoms with Crippen LogP contribution in [0, 0.1) is 6.92 Å². The molecule has 0 unspecified atom stereocenters. The lowest BCUT2D eigenvalue weighted by atomic mass is 9.95. The molecule has 1 aliphatic rings. The first-order valence-corrected chi connectivity index (χ1v) is 7.74. The van der Waals surface area contributed by atoms with Gasteiger partial charge in [-0.15, -0.1) is 0 Å². The van der Waals surface area contributed by atoms with Gasteiger partial charge in [0.1, 0.15) is 0 Å². The van der Waals surface area contributed by atoms with Crippen LogP contribution in [0.5, 0.6) is 0 Å². The van der Waals surface area contributed by atoms with Gasteiger partial charge in [-0.25, -0.2) is 9.50 Å². The summed E-state index contributed by atoms with van der Waals surface area (Å²) in [5.74, 6) is 0. The van der Waals surface area contributed by atoms with E-state index in [2.05, 4.69) is 12.0 Å². The molecule has 1 aromatic carbocycles. The minimum Gasteiger partial charge on any atom is -0.233 e. The molecule has 0 spiro atoms. The minimum atomic E-state index is 0.747. The predicted molar refractivity (Wildman–Crippen MR) is 84.8 cm³/mol. The van der Waals surface area contributed by atoms with Gasteiger partial charge in [0.25, 0.3) is 0 Å². The molecule has 106 valence electrons. The summed E-state index contributed by atoms with van der Waals surface area (Å²) in [7, 11) is 0. The molecule has 0 amide bonds. The van der Waals surface area contributed by atoms with Crippen molar-refractivity contribution in [1.82, 2.24) is 14.6 Å². The molecule has 0 aliphatic heterocycles. The number of benzene rings is 1. The summed E-state index contributed by atoms with van der Waals surface area (Å²) < 4.78 is 1.98. The number of aromatic nitrogens is 3. The molecule has 2 heterocycles. The molecule has 0 fully saturated rings. The number of fused-ring (bicyclic) bond motifs is 2. The highest BCUT2D eigenvalue weighted by Crippen LogP contribution is 2.29. The Morgan fingerprint density at radius 1 is 1.10 bits per heavy atom. The number of hydrogen-bond acceptors (Lipinski definition) is 2. The van der Waals surface area contributed by atoms with Gasteiger partial charge in [-0.3, -0.25) is 0 Å². The average molecular weight is 298 g/mol. The number of nitrogens with zero attached hydrogens (tertiary/aromatic N) is 3. The van der Waals surface area contributed by atoms with E-state index in [9.17, 15) is 0 Å². The summed E-state index contributed by atoms with van der Waals surface area (Å²) >= 11 is 5.97. The van der Waals surface area contributed by atoms with Crippen LogP contribution < -0.4 is 0 Å². The average Bonchev–Trinajstić information content (AvgIpc) is 2.92. The van der Waals surface area contributed by atoms with Gasteiger partial charge in [0, 0.05) is 22.0 Å². The standard InChI is InChI=1S/C17H16ClN3/c1-11-14-4-2-3-5-16(14)20-17-15(10-19-21(11)17)12-6-8-13(18)9-7-12/h6-10H,2-5H2,1H3. The fraction of sp³-hybridized carbons (Fsp3) is 0.294. The Kier molecular flexibility index (Phi) is 2.96. The Hall–Kier alpha value is -1.87. The summed E-state index contributed by atoms with van der Waals surface area (Å²) in [6, 6.07) is 7.86. The maximum Gasteiger partial charge on any atom is 0.163 e. The third-order valence-electron chi connectivity index (χ3n) is 4.33. The molecule has 0 N–H and O–H groups in total. The smallest absolute Gasteiger partial charge is 0.163 e. The van der Waals surface area contributed by atoms with Crippen molar-refractivity contribution in [3.63, 3.8) is 0 Å². The molecule has 3 nitrogen and oxygen atoms in total. The lowest BCUT2D eigenvalue weighted by Gasteiger charge is -2.17. The first-order valence-electron chi connectivity index (χ1n) is 7.36. The summed E-state index contributed by atoms with van der Waals surface area (Å²) in [6.07, 6.45) is 6.61. The minimum absolute atomic E-state index is 0.747. The zero-order valence-electron chi connectivity index (χ0n) is 11.9. The lowest BCUT2D eigenvalue weighted by Crippen LogP contribution is -2.12. The van der Waals surface area contributed by atoms with Gasteiger partial charge in [0.2, 0.25) is 0 Å². The Bertz CT molecular complexity index is 818. The van der Waals surface area contributed by atoms with E-state index >= 15 is 0 Å². The molecular weight excluding hydrogens is 282 g/mol. The van der Waals surface area contributed by atoms with Crippen molar-refractivity contribution in [3.8, 4) is 11.1 Å². The maximum absolute atomic E-state index is 5.97. The van der Waals surface area contributed by atoms with Crippen molar-refractivity contribution in [2.75, 3.05) is 0 Å². The van der Waals surface area contributed by atoms with E-state index in [-0.39, 0.29) is 0 Å². The van der Waals surface area contributed by atoms with E-state index in [4.69, 9.17) is 16.6 Å². The van der Waals surface area contributed by atoms with Crippen LogP contribution in [-0.2, 0) is 12.8 Å². The molecule has 0 saturated heterocycles. The Morgan fingerprint density at radius 3 is 2.67 bits per heavy atom. The van der Waals surface area contributed by atoms with Crippen molar-refractivity contribution in [3.05, 3.63) is 52.4 Å². The second-order valence-corrected chi connectivity index (χ2v) is 6.07. The van der Waals surface area contributed by atoms with Crippen molar-refractivity contribution in [2.45, 2.75) is 32.6 Å². The van der Waals surface area contributed by atoms with Crippen molar-refractivity contribution >= 4 is 17.2 Å². The van der Waals surface area contributed by atoms with Gasteiger partial charge >= 0.3 is 0 Å². The second-order valence-electron chi connectivity index (χ2n) is 5.63. The van der Waals surface area contributed by atoms with E-state index in [1.165, 1.54) is 29.8 Å². The molecule has 0 saturated carbocycles. The van der Waals surface area contributed by atoms with Crippen LogP contribution in [-0.4, -0.2) is 14.6 Å². The first-order chi connectivity index (χ1) is 10.2. The maximum atomic E-state index is 5.97. The number of rotatable bonds is 1. The Morgan fingerprint density at radius 2 is 1.86 bits per heavy atom. The van der Waals surface area contributed by atoms with Gasteiger partial charge in [0.05, 0.1) is 6.20 Å². The van der Waals surface area contributed by atoms with Gasteiger partial charge in [-0.1, -0.05) is 23.7 Å².